The Morgan fingerprint density at radius 2 is 1.94 bits per heavy atom. The normalized spacial score (nSPS) is 15.0. The maximum absolute atomic E-state index is 13.1. The number of thioether (sulfide) groups is 2. The molecule has 0 radical (unpaired) electrons. The summed E-state index contributed by atoms with van der Waals surface area (Å²) in [7, 11) is 0. The second-order valence-corrected chi connectivity index (χ2v) is 9.25. The number of aromatic nitrogens is 3. The molecule has 160 valence electrons. The molecule has 0 bridgehead atoms. The third-order valence-electron chi connectivity index (χ3n) is 4.81. The lowest BCUT2D eigenvalue weighted by molar-refractivity contribution is -0.120. The van der Waals surface area contributed by atoms with Crippen LogP contribution >= 0.6 is 35.1 Å². The molecule has 0 fully saturated rings. The van der Waals surface area contributed by atoms with Crippen molar-refractivity contribution in [2.75, 3.05) is 16.9 Å². The number of amides is 1. The first-order chi connectivity index (χ1) is 15.0. The average Bonchev–Trinajstić information content (AvgIpc) is 2.93. The number of benzene rings is 2. The second kappa shape index (κ2) is 9.46. The number of ether oxygens (including phenoxy) is 1. The summed E-state index contributed by atoms with van der Waals surface area (Å²) >= 11 is 9.44. The van der Waals surface area contributed by atoms with Gasteiger partial charge in [-0.05, 0) is 42.3 Å². The molecule has 0 spiro atoms. The Balaban J connectivity index is 1.94. The van der Waals surface area contributed by atoms with Gasteiger partial charge in [-0.2, -0.15) is 4.98 Å². The van der Waals surface area contributed by atoms with E-state index in [0.717, 1.165) is 16.2 Å². The number of fused-ring (bicyclic) bond motifs is 3. The molecule has 0 saturated heterocycles. The monoisotopic (exact) mass is 472 g/mol. The highest BCUT2D eigenvalue weighted by Gasteiger charge is 2.35. The van der Waals surface area contributed by atoms with Crippen molar-refractivity contribution in [3.63, 3.8) is 0 Å². The van der Waals surface area contributed by atoms with Gasteiger partial charge in [0.25, 0.3) is 0 Å². The number of halogens is 1. The van der Waals surface area contributed by atoms with E-state index in [1.807, 2.05) is 50.4 Å². The summed E-state index contributed by atoms with van der Waals surface area (Å²) in [5.41, 5.74) is 2.65. The first kappa shape index (κ1) is 21.9. The van der Waals surface area contributed by atoms with Gasteiger partial charge in [-0.25, -0.2) is 0 Å². The third kappa shape index (κ3) is 4.37. The van der Waals surface area contributed by atoms with Crippen LogP contribution in [-0.2, 0) is 4.79 Å². The van der Waals surface area contributed by atoms with Crippen LogP contribution in [0.15, 0.2) is 52.5 Å². The zero-order valence-corrected chi connectivity index (χ0v) is 19.7. The van der Waals surface area contributed by atoms with E-state index in [-0.39, 0.29) is 5.91 Å². The van der Waals surface area contributed by atoms with Gasteiger partial charge < -0.3 is 4.74 Å². The largest absolute Gasteiger partial charge is 0.447 e. The zero-order chi connectivity index (χ0) is 22.0. The van der Waals surface area contributed by atoms with Crippen LogP contribution in [0.4, 0.5) is 5.69 Å². The zero-order valence-electron chi connectivity index (χ0n) is 17.3. The lowest BCUT2D eigenvalue weighted by Crippen LogP contribution is -2.37. The molecule has 9 heteroatoms. The number of rotatable bonds is 5. The number of anilines is 1. The predicted octanol–water partition coefficient (Wildman–Crippen LogP) is 5.86. The molecular formula is C22H21ClN4O2S2. The van der Waals surface area contributed by atoms with Gasteiger partial charge in [0, 0.05) is 27.5 Å². The van der Waals surface area contributed by atoms with E-state index in [1.54, 1.807) is 28.8 Å². The summed E-state index contributed by atoms with van der Waals surface area (Å²) in [6.07, 6.45) is 1.65. The summed E-state index contributed by atoms with van der Waals surface area (Å²) in [5, 5.41) is 9.69. The molecule has 6 nitrogen and oxygen atoms in total. The minimum atomic E-state index is -0.694. The van der Waals surface area contributed by atoms with Crippen molar-refractivity contribution < 1.29 is 9.53 Å². The molecule has 0 aliphatic carbocycles. The van der Waals surface area contributed by atoms with Crippen LogP contribution < -0.4 is 9.64 Å². The number of carbonyl (C=O) groups is 1. The van der Waals surface area contributed by atoms with Crippen molar-refractivity contribution in [3.8, 4) is 17.1 Å². The molecule has 1 aliphatic heterocycles. The lowest BCUT2D eigenvalue weighted by atomic mass is 10.1. The van der Waals surface area contributed by atoms with E-state index in [2.05, 4.69) is 15.2 Å². The molecule has 0 saturated carbocycles. The highest BCUT2D eigenvalue weighted by atomic mass is 35.5. The number of carbonyl (C=O) groups excluding carboxylic acids is 1. The number of nitrogens with zero attached hydrogens (tertiary/aromatic N) is 4. The molecule has 0 unspecified atom stereocenters. The topological polar surface area (TPSA) is 68.2 Å². The van der Waals surface area contributed by atoms with Crippen LogP contribution in [0.2, 0.25) is 5.02 Å². The fraction of sp³-hybridized carbons (Fsp3) is 0.273. The van der Waals surface area contributed by atoms with E-state index in [1.165, 1.54) is 11.8 Å². The van der Waals surface area contributed by atoms with E-state index in [0.29, 0.717) is 39.4 Å². The molecule has 1 aliphatic rings. The lowest BCUT2D eigenvalue weighted by Gasteiger charge is -2.30. The van der Waals surface area contributed by atoms with Crippen LogP contribution in [0.5, 0.6) is 5.88 Å². The van der Waals surface area contributed by atoms with Crippen molar-refractivity contribution in [3.05, 3.63) is 53.1 Å². The Bertz CT molecular complexity index is 1110. The summed E-state index contributed by atoms with van der Waals surface area (Å²) in [5.74, 6) is 1.06. The molecular weight excluding hydrogens is 452 g/mol. The van der Waals surface area contributed by atoms with Gasteiger partial charge in [-0.3, -0.25) is 9.69 Å². The second-order valence-electron chi connectivity index (χ2n) is 6.70. The first-order valence-corrected chi connectivity index (χ1v) is 12.4. The van der Waals surface area contributed by atoms with Gasteiger partial charge in [0.15, 0.2) is 5.69 Å². The van der Waals surface area contributed by atoms with Crippen LogP contribution in [-0.4, -0.2) is 33.1 Å². The van der Waals surface area contributed by atoms with Gasteiger partial charge in [0.2, 0.25) is 23.2 Å². The van der Waals surface area contributed by atoms with Crippen LogP contribution in [0.1, 0.15) is 32.1 Å². The highest BCUT2D eigenvalue weighted by molar-refractivity contribution is 7.99. The van der Waals surface area contributed by atoms with E-state index in [9.17, 15) is 4.79 Å². The minimum absolute atomic E-state index is 0.0774. The van der Waals surface area contributed by atoms with Gasteiger partial charge in [0.05, 0.1) is 5.69 Å². The maximum Gasteiger partial charge on any atom is 0.247 e. The standard InChI is InChI=1S/C22H21ClN4O2S2/c1-4-18(28)27-17-11-8-14(23)12-16(17)19-20(24-22(26-25-19)31-5-2)29-21(27)13-6-9-15(30-3)10-7-13/h6-12,21H,4-5H2,1-3H3/t21-/m1/s1. The first-order valence-electron chi connectivity index (χ1n) is 9.85. The number of hydrogen-bond acceptors (Lipinski definition) is 7. The molecule has 2 aromatic carbocycles. The molecule has 1 aromatic heterocycles. The highest BCUT2D eigenvalue weighted by Crippen LogP contribution is 2.44. The third-order valence-corrected chi connectivity index (χ3v) is 6.51. The fourth-order valence-electron chi connectivity index (χ4n) is 3.35. The minimum Gasteiger partial charge on any atom is -0.447 e. The Morgan fingerprint density at radius 1 is 1.16 bits per heavy atom. The van der Waals surface area contributed by atoms with Crippen LogP contribution in [0.25, 0.3) is 11.3 Å². The van der Waals surface area contributed by atoms with Gasteiger partial charge in [-0.1, -0.05) is 49.3 Å². The molecule has 1 amide bonds. The smallest absolute Gasteiger partial charge is 0.247 e. The summed E-state index contributed by atoms with van der Waals surface area (Å²) in [6, 6.07) is 13.3. The van der Waals surface area contributed by atoms with Gasteiger partial charge in [0.1, 0.15) is 0 Å². The van der Waals surface area contributed by atoms with Crippen molar-refractivity contribution in [2.45, 2.75) is 36.5 Å². The maximum atomic E-state index is 13.1. The van der Waals surface area contributed by atoms with Crippen LogP contribution in [0.3, 0.4) is 0 Å². The van der Waals surface area contributed by atoms with Gasteiger partial charge in [-0.15, -0.1) is 22.0 Å². The van der Waals surface area contributed by atoms with Gasteiger partial charge >= 0.3 is 0 Å². The molecule has 31 heavy (non-hydrogen) atoms. The Kier molecular flexibility index (Phi) is 6.69. The Morgan fingerprint density at radius 3 is 2.61 bits per heavy atom. The SMILES string of the molecule is CCSc1nnc2c(n1)O[C@H](c1ccc(SC)cc1)N(C(=O)CC)c1ccc(Cl)cc1-2. The summed E-state index contributed by atoms with van der Waals surface area (Å²) in [4.78, 5) is 20.5. The molecule has 3 aromatic rings. The molecule has 0 N–H and O–H groups in total. The molecule has 2 heterocycles. The fourth-order valence-corrected chi connectivity index (χ4v) is 4.44. The number of hydrogen-bond donors (Lipinski definition) is 0. The van der Waals surface area contributed by atoms with Crippen LogP contribution in [0, 0.1) is 0 Å². The summed E-state index contributed by atoms with van der Waals surface area (Å²) < 4.78 is 6.39. The predicted molar refractivity (Wildman–Crippen MR) is 126 cm³/mol. The molecule has 1 atom stereocenters. The van der Waals surface area contributed by atoms with E-state index < -0.39 is 6.23 Å². The quantitative estimate of drug-likeness (QED) is 0.430. The van der Waals surface area contributed by atoms with Crippen molar-refractivity contribution in [1.29, 1.82) is 0 Å². The Hall–Kier alpha value is -2.29. The Labute approximate surface area is 194 Å². The average molecular weight is 473 g/mol. The van der Waals surface area contributed by atoms with Crippen molar-refractivity contribution in [1.82, 2.24) is 15.2 Å². The van der Waals surface area contributed by atoms with Crippen molar-refractivity contribution >= 4 is 46.7 Å². The van der Waals surface area contributed by atoms with E-state index in [4.69, 9.17) is 16.3 Å². The summed E-state index contributed by atoms with van der Waals surface area (Å²) in [6.45, 7) is 3.85. The molecule has 4 rings (SSSR count). The van der Waals surface area contributed by atoms with E-state index >= 15 is 0 Å². The van der Waals surface area contributed by atoms with Crippen molar-refractivity contribution in [2.24, 2.45) is 0 Å².